The second kappa shape index (κ2) is 5.42. The first kappa shape index (κ1) is 16.7. The van der Waals surface area contributed by atoms with Crippen LogP contribution in [0.25, 0.3) is 10.8 Å². The Morgan fingerprint density at radius 1 is 1.17 bits per heavy atom. The summed E-state index contributed by atoms with van der Waals surface area (Å²) in [6.45, 7) is 7.83. The van der Waals surface area contributed by atoms with Crippen molar-refractivity contribution in [1.82, 2.24) is 10.2 Å². The van der Waals surface area contributed by atoms with Crippen molar-refractivity contribution >= 4 is 29.3 Å². The predicted molar refractivity (Wildman–Crippen MR) is 89.4 cm³/mol. The van der Waals surface area contributed by atoms with Gasteiger partial charge in [0.1, 0.15) is 0 Å². The van der Waals surface area contributed by atoms with Gasteiger partial charge in [-0.05, 0) is 39.2 Å². The lowest BCUT2D eigenvalue weighted by Crippen LogP contribution is -2.41. The van der Waals surface area contributed by atoms with Crippen molar-refractivity contribution in [2.24, 2.45) is 0 Å². The molecule has 0 aliphatic carbocycles. The molecule has 0 radical (unpaired) electrons. The van der Waals surface area contributed by atoms with E-state index in [0.717, 1.165) is 0 Å². The third-order valence-electron chi connectivity index (χ3n) is 4.72. The molecular formula is C16H19BN2O5. The molecule has 0 amide bonds. The molecule has 1 N–H and O–H groups in total. The zero-order valence-electron chi connectivity index (χ0n) is 14.3. The standard InChI is InChI=1S/C16H19BN2O5/c1-15(2)16(3,4)24-17(23-15)9-6-7-10-11(8-9)12(14(21)22-5)18-19-13(10)20/h6-8H,1-5H3,(H,19,20). The van der Waals surface area contributed by atoms with Crippen molar-refractivity contribution < 1.29 is 18.8 Å². The topological polar surface area (TPSA) is 90.5 Å². The molecule has 0 unspecified atom stereocenters. The van der Waals surface area contributed by atoms with Gasteiger partial charge in [0.05, 0.1) is 23.7 Å². The molecule has 1 aromatic carbocycles. The average molecular weight is 330 g/mol. The molecule has 0 spiro atoms. The number of aromatic nitrogens is 2. The summed E-state index contributed by atoms with van der Waals surface area (Å²) >= 11 is 0. The summed E-state index contributed by atoms with van der Waals surface area (Å²) in [7, 11) is 0.670. The first-order valence-corrected chi connectivity index (χ1v) is 7.62. The van der Waals surface area contributed by atoms with E-state index in [0.29, 0.717) is 16.2 Å². The highest BCUT2D eigenvalue weighted by Crippen LogP contribution is 2.36. The van der Waals surface area contributed by atoms with Crippen molar-refractivity contribution in [1.29, 1.82) is 0 Å². The van der Waals surface area contributed by atoms with Gasteiger partial charge in [-0.2, -0.15) is 5.10 Å². The molecule has 1 aliphatic heterocycles. The maximum absolute atomic E-state index is 11.9. The summed E-state index contributed by atoms with van der Waals surface area (Å²) in [6, 6.07) is 5.06. The Morgan fingerprint density at radius 3 is 2.38 bits per heavy atom. The lowest BCUT2D eigenvalue weighted by atomic mass is 9.78. The van der Waals surface area contributed by atoms with Crippen molar-refractivity contribution in [2.45, 2.75) is 38.9 Å². The van der Waals surface area contributed by atoms with E-state index < -0.39 is 24.3 Å². The second-order valence-corrected chi connectivity index (χ2v) is 6.79. The van der Waals surface area contributed by atoms with Gasteiger partial charge in [-0.1, -0.05) is 12.1 Å². The second-order valence-electron chi connectivity index (χ2n) is 6.79. The van der Waals surface area contributed by atoms with Crippen LogP contribution in [0, 0.1) is 0 Å². The fraction of sp³-hybridized carbons (Fsp3) is 0.438. The first-order chi connectivity index (χ1) is 11.2. The molecule has 7 nitrogen and oxygen atoms in total. The fourth-order valence-electron chi connectivity index (χ4n) is 2.56. The molecule has 2 aromatic rings. The van der Waals surface area contributed by atoms with Gasteiger partial charge in [0, 0.05) is 5.39 Å². The minimum atomic E-state index is -0.623. The number of carbonyl (C=O) groups excluding carboxylic acids is 1. The number of nitrogens with zero attached hydrogens (tertiary/aromatic N) is 1. The van der Waals surface area contributed by atoms with Crippen LogP contribution in [0.5, 0.6) is 0 Å². The summed E-state index contributed by atoms with van der Waals surface area (Å²) in [5.74, 6) is -0.623. The quantitative estimate of drug-likeness (QED) is 0.653. The van der Waals surface area contributed by atoms with Crippen LogP contribution >= 0.6 is 0 Å². The molecule has 1 aliphatic rings. The molecule has 0 atom stereocenters. The van der Waals surface area contributed by atoms with Gasteiger partial charge in [-0.3, -0.25) is 4.79 Å². The Bertz CT molecular complexity index is 858. The number of hydrogen-bond acceptors (Lipinski definition) is 6. The molecule has 24 heavy (non-hydrogen) atoms. The van der Waals surface area contributed by atoms with E-state index >= 15 is 0 Å². The number of H-pyrrole nitrogens is 1. The van der Waals surface area contributed by atoms with E-state index in [1.54, 1.807) is 18.2 Å². The van der Waals surface area contributed by atoms with Gasteiger partial charge in [-0.25, -0.2) is 9.89 Å². The van der Waals surface area contributed by atoms with E-state index in [1.807, 2.05) is 27.7 Å². The average Bonchev–Trinajstić information content (AvgIpc) is 2.75. The maximum Gasteiger partial charge on any atom is 0.494 e. The SMILES string of the molecule is COC(=O)c1n[nH]c(=O)c2ccc(B3OC(C)(C)C(C)(C)O3)cc12. The summed E-state index contributed by atoms with van der Waals surface area (Å²) in [6.07, 6.45) is 0. The molecule has 1 aromatic heterocycles. The van der Waals surface area contributed by atoms with Gasteiger partial charge >= 0.3 is 13.1 Å². The smallest absolute Gasteiger partial charge is 0.464 e. The number of fused-ring (bicyclic) bond motifs is 1. The van der Waals surface area contributed by atoms with Crippen LogP contribution in [0.2, 0.25) is 0 Å². The summed E-state index contributed by atoms with van der Waals surface area (Å²) in [4.78, 5) is 23.9. The van der Waals surface area contributed by atoms with E-state index in [4.69, 9.17) is 14.0 Å². The van der Waals surface area contributed by atoms with Gasteiger partial charge < -0.3 is 14.0 Å². The number of ether oxygens (including phenoxy) is 1. The molecule has 0 bridgehead atoms. The van der Waals surface area contributed by atoms with Gasteiger partial charge in [-0.15, -0.1) is 0 Å². The zero-order valence-corrected chi connectivity index (χ0v) is 14.3. The predicted octanol–water partition coefficient (Wildman–Crippen LogP) is 1.01. The number of benzene rings is 1. The Hall–Kier alpha value is -2.19. The molecule has 8 heteroatoms. The third kappa shape index (κ3) is 2.51. The Labute approximate surface area is 139 Å². The highest BCUT2D eigenvalue weighted by molar-refractivity contribution is 6.62. The third-order valence-corrected chi connectivity index (χ3v) is 4.72. The van der Waals surface area contributed by atoms with Crippen LogP contribution in [0.1, 0.15) is 38.2 Å². The number of rotatable bonds is 2. The summed E-state index contributed by atoms with van der Waals surface area (Å²) < 4.78 is 16.8. The minimum absolute atomic E-state index is 0.0467. The number of nitrogens with one attached hydrogen (secondary N) is 1. The van der Waals surface area contributed by atoms with Crippen LogP contribution < -0.4 is 11.0 Å². The molecule has 126 valence electrons. The van der Waals surface area contributed by atoms with E-state index in [2.05, 4.69) is 10.2 Å². The number of hydrogen-bond donors (Lipinski definition) is 1. The molecule has 2 heterocycles. The summed E-state index contributed by atoms with van der Waals surface area (Å²) in [5.41, 5.74) is -0.587. The molecule has 1 saturated heterocycles. The largest absolute Gasteiger partial charge is 0.494 e. The lowest BCUT2D eigenvalue weighted by Gasteiger charge is -2.32. The normalized spacial score (nSPS) is 18.8. The van der Waals surface area contributed by atoms with E-state index in [1.165, 1.54) is 7.11 Å². The zero-order chi connectivity index (χ0) is 17.7. The van der Waals surface area contributed by atoms with Crippen LogP contribution in [0.4, 0.5) is 0 Å². The van der Waals surface area contributed by atoms with Gasteiger partial charge in [0.2, 0.25) is 0 Å². The molecule has 1 fully saturated rings. The van der Waals surface area contributed by atoms with Crippen molar-refractivity contribution in [3.8, 4) is 0 Å². The van der Waals surface area contributed by atoms with Crippen LogP contribution in [0.3, 0.4) is 0 Å². The fourth-order valence-corrected chi connectivity index (χ4v) is 2.56. The van der Waals surface area contributed by atoms with Crippen molar-refractivity contribution in [2.75, 3.05) is 7.11 Å². The Kier molecular flexibility index (Phi) is 3.77. The van der Waals surface area contributed by atoms with Gasteiger partial charge in [0.25, 0.3) is 5.56 Å². The molecule has 0 saturated carbocycles. The number of esters is 1. The number of methoxy groups -OCH3 is 1. The Morgan fingerprint density at radius 2 is 1.79 bits per heavy atom. The number of aromatic amines is 1. The lowest BCUT2D eigenvalue weighted by molar-refractivity contribution is 0.00578. The van der Waals surface area contributed by atoms with Crippen LogP contribution in [-0.2, 0) is 14.0 Å². The van der Waals surface area contributed by atoms with Crippen molar-refractivity contribution in [3.05, 3.63) is 34.2 Å². The Balaban J connectivity index is 2.12. The summed E-state index contributed by atoms with van der Waals surface area (Å²) in [5, 5.41) is 6.87. The highest BCUT2D eigenvalue weighted by atomic mass is 16.7. The minimum Gasteiger partial charge on any atom is -0.464 e. The molecular weight excluding hydrogens is 311 g/mol. The van der Waals surface area contributed by atoms with Gasteiger partial charge in [0.15, 0.2) is 5.69 Å². The van der Waals surface area contributed by atoms with E-state index in [-0.39, 0.29) is 11.3 Å². The molecule has 3 rings (SSSR count). The monoisotopic (exact) mass is 330 g/mol. The van der Waals surface area contributed by atoms with E-state index in [9.17, 15) is 9.59 Å². The first-order valence-electron chi connectivity index (χ1n) is 7.62. The maximum atomic E-state index is 11.9. The van der Waals surface area contributed by atoms with Crippen LogP contribution in [0.15, 0.2) is 23.0 Å². The van der Waals surface area contributed by atoms with Crippen molar-refractivity contribution in [3.63, 3.8) is 0 Å². The number of carbonyl (C=O) groups is 1. The highest BCUT2D eigenvalue weighted by Gasteiger charge is 2.51. The van der Waals surface area contributed by atoms with Crippen LogP contribution in [-0.4, -0.2) is 41.6 Å².